The number of hydrogen-bond donors (Lipinski definition) is 4. The van der Waals surface area contributed by atoms with Crippen molar-refractivity contribution >= 4 is 18.7 Å². The Kier molecular flexibility index (Phi) is 10.2. The van der Waals surface area contributed by atoms with Gasteiger partial charge in [0.05, 0.1) is 17.7 Å². The average Bonchev–Trinajstić information content (AvgIpc) is 3.03. The van der Waals surface area contributed by atoms with Crippen molar-refractivity contribution in [2.24, 2.45) is 22.7 Å². The van der Waals surface area contributed by atoms with Crippen LogP contribution < -0.4 is 0 Å². The summed E-state index contributed by atoms with van der Waals surface area (Å²) in [7, 11) is 0.329. The van der Waals surface area contributed by atoms with Crippen LogP contribution in [0.1, 0.15) is 112 Å². The molecule has 1 fully saturated rings. The number of carbonyl (C=O) groups excluding carboxylic acids is 2. The molecule has 7 heteroatoms. The van der Waals surface area contributed by atoms with Crippen LogP contribution in [0.25, 0.3) is 0 Å². The Morgan fingerprint density at radius 1 is 1.00 bits per heavy atom. The SMILES string of the molecule is CCCCCCCCCCCC(=O)B[C@]1(C)C[C@@H](C)C23C=C(C)[C@H](O)C2(O)C(O)C(CO)=CC(C3=O)C1(C)C. The number of carbonyl (C=O) groups is 2. The maximum atomic E-state index is 14.5. The third kappa shape index (κ3) is 5.38. The van der Waals surface area contributed by atoms with Gasteiger partial charge in [0.15, 0.2) is 5.78 Å². The van der Waals surface area contributed by atoms with Crippen molar-refractivity contribution in [2.75, 3.05) is 6.61 Å². The van der Waals surface area contributed by atoms with Crippen molar-refractivity contribution in [3.63, 3.8) is 0 Å². The van der Waals surface area contributed by atoms with Crippen LogP contribution in [-0.2, 0) is 9.59 Å². The largest absolute Gasteiger partial charge is 0.392 e. The molecule has 3 aliphatic rings. The second-order valence-corrected chi connectivity index (χ2v) is 13.8. The summed E-state index contributed by atoms with van der Waals surface area (Å²) in [5, 5.41) is 44.1. The smallest absolute Gasteiger partial charge is 0.212 e. The number of hydrogen-bond acceptors (Lipinski definition) is 6. The molecule has 4 N–H and O–H groups in total. The fourth-order valence-corrected chi connectivity index (χ4v) is 8.08. The summed E-state index contributed by atoms with van der Waals surface area (Å²) in [6.45, 7) is 11.3. The number of unbranched alkanes of at least 4 members (excludes halogenated alkanes) is 8. The van der Waals surface area contributed by atoms with Crippen molar-refractivity contribution in [1.29, 1.82) is 0 Å². The molecule has 0 amide bonds. The highest BCUT2D eigenvalue weighted by Crippen LogP contribution is 2.67. The van der Waals surface area contributed by atoms with E-state index in [1.807, 2.05) is 20.8 Å². The van der Waals surface area contributed by atoms with Gasteiger partial charge in [0.2, 0.25) is 7.28 Å². The first-order valence-corrected chi connectivity index (χ1v) is 15.4. The second kappa shape index (κ2) is 12.3. The Morgan fingerprint density at radius 3 is 2.13 bits per heavy atom. The van der Waals surface area contributed by atoms with Crippen LogP contribution in [0, 0.1) is 22.7 Å². The molecule has 220 valence electrons. The molecule has 0 aliphatic heterocycles. The van der Waals surface area contributed by atoms with Gasteiger partial charge in [-0.2, -0.15) is 0 Å². The first-order valence-electron chi connectivity index (χ1n) is 15.4. The van der Waals surface area contributed by atoms with E-state index in [0.717, 1.165) is 19.3 Å². The second-order valence-electron chi connectivity index (χ2n) is 13.8. The molecule has 3 aliphatic carbocycles. The monoisotopic (exact) mass is 544 g/mol. The van der Waals surface area contributed by atoms with Crippen LogP contribution in [-0.4, -0.2) is 63.6 Å². The molecular formula is C32H53BO6. The molecule has 0 aromatic carbocycles. The van der Waals surface area contributed by atoms with E-state index in [2.05, 4.69) is 13.8 Å². The van der Waals surface area contributed by atoms with E-state index in [4.69, 9.17) is 0 Å². The maximum absolute atomic E-state index is 14.5. The van der Waals surface area contributed by atoms with Gasteiger partial charge in [-0.25, -0.2) is 0 Å². The maximum Gasteiger partial charge on any atom is 0.212 e. The van der Waals surface area contributed by atoms with Crippen LogP contribution in [0.2, 0.25) is 5.31 Å². The molecule has 3 rings (SSSR count). The van der Waals surface area contributed by atoms with Crippen LogP contribution >= 0.6 is 0 Å². The molecule has 0 aromatic heterocycles. The molecule has 6 nitrogen and oxygen atoms in total. The third-order valence-corrected chi connectivity index (χ3v) is 11.0. The molecule has 2 bridgehead atoms. The van der Waals surface area contributed by atoms with Crippen LogP contribution in [0.5, 0.6) is 0 Å². The lowest BCUT2D eigenvalue weighted by Crippen LogP contribution is -2.65. The predicted octanol–water partition coefficient (Wildman–Crippen LogP) is 4.63. The minimum absolute atomic E-state index is 0.144. The molecule has 1 spiro atoms. The van der Waals surface area contributed by atoms with Gasteiger partial charge in [-0.1, -0.05) is 98.1 Å². The van der Waals surface area contributed by atoms with Gasteiger partial charge in [-0.05, 0) is 54.0 Å². The van der Waals surface area contributed by atoms with Gasteiger partial charge < -0.3 is 25.2 Å². The Balaban J connectivity index is 1.82. The van der Waals surface area contributed by atoms with Crippen molar-refractivity contribution < 1.29 is 30.0 Å². The Bertz CT molecular complexity index is 972. The van der Waals surface area contributed by atoms with E-state index >= 15 is 0 Å². The fourth-order valence-electron chi connectivity index (χ4n) is 8.08. The number of aliphatic hydroxyl groups is 4. The summed E-state index contributed by atoms with van der Waals surface area (Å²) in [5.74, 6) is -1.44. The standard InChI is InChI=1S/C32H53BO6/c1-7-8-9-10-11-12-13-14-15-16-25(35)33-30(6)19-22(3)31-18-21(2)26(36)32(31,39)27(37)23(20-34)17-24(28(31)38)29(30,4)5/h17-18,22,24,26-27,33-34,36-37,39H,7-16,19-20H2,1-6H3/t22-,24?,26+,27?,30-,31?,32?/m1/s1. The lowest BCUT2D eigenvalue weighted by atomic mass is 9.38. The molecule has 1 saturated carbocycles. The van der Waals surface area contributed by atoms with Gasteiger partial charge in [0.25, 0.3) is 0 Å². The summed E-state index contributed by atoms with van der Waals surface area (Å²) >= 11 is 0. The van der Waals surface area contributed by atoms with Gasteiger partial charge >= 0.3 is 0 Å². The fraction of sp³-hybridized carbons (Fsp3) is 0.812. The summed E-state index contributed by atoms with van der Waals surface area (Å²) in [6.07, 6.45) is 12.0. The van der Waals surface area contributed by atoms with Crippen LogP contribution in [0.4, 0.5) is 0 Å². The molecular weight excluding hydrogens is 491 g/mol. The Labute approximate surface area is 236 Å². The number of allylic oxidation sites excluding steroid dienone is 1. The van der Waals surface area contributed by atoms with Crippen LogP contribution in [0.15, 0.2) is 23.3 Å². The lowest BCUT2D eigenvalue weighted by Gasteiger charge is -2.49. The number of ketones is 1. The first-order chi connectivity index (χ1) is 18.2. The van der Waals surface area contributed by atoms with Crippen molar-refractivity contribution in [3.8, 4) is 0 Å². The van der Waals surface area contributed by atoms with E-state index in [0.29, 0.717) is 25.7 Å². The Morgan fingerprint density at radius 2 is 1.56 bits per heavy atom. The highest BCUT2D eigenvalue weighted by Gasteiger charge is 2.73. The van der Waals surface area contributed by atoms with Gasteiger partial charge in [-0.15, -0.1) is 0 Å². The van der Waals surface area contributed by atoms with E-state index < -0.39 is 52.4 Å². The summed E-state index contributed by atoms with van der Waals surface area (Å²) in [6, 6.07) is 0. The van der Waals surface area contributed by atoms with E-state index in [1.54, 1.807) is 19.1 Å². The van der Waals surface area contributed by atoms with Gasteiger partial charge in [0, 0.05) is 5.92 Å². The number of rotatable bonds is 13. The minimum atomic E-state index is -2.18. The molecule has 0 heterocycles. The highest BCUT2D eigenvalue weighted by molar-refractivity contribution is 6.76. The van der Waals surface area contributed by atoms with Gasteiger partial charge in [-0.3, -0.25) is 4.79 Å². The van der Waals surface area contributed by atoms with E-state index in [-0.39, 0.29) is 17.0 Å². The number of Topliss-reactive ketones (excluding diaryl/α,β-unsaturated/α-hetero) is 1. The lowest BCUT2D eigenvalue weighted by molar-refractivity contribution is -0.189. The van der Waals surface area contributed by atoms with Crippen molar-refractivity contribution in [3.05, 3.63) is 23.3 Å². The average molecular weight is 545 g/mol. The molecule has 4 unspecified atom stereocenters. The van der Waals surface area contributed by atoms with Crippen molar-refractivity contribution in [1.82, 2.24) is 0 Å². The first kappa shape index (κ1) is 32.2. The summed E-state index contributed by atoms with van der Waals surface area (Å²) in [5.41, 5.74) is -3.62. The number of aliphatic hydroxyl groups excluding tert-OH is 3. The normalized spacial score (nSPS) is 37.4. The Hall–Kier alpha value is -1.28. The quantitative estimate of drug-likeness (QED) is 0.153. The molecule has 7 atom stereocenters. The molecule has 0 radical (unpaired) electrons. The summed E-state index contributed by atoms with van der Waals surface area (Å²) in [4.78, 5) is 27.8. The van der Waals surface area contributed by atoms with Crippen molar-refractivity contribution in [2.45, 2.75) is 135 Å². The highest BCUT2D eigenvalue weighted by atomic mass is 16.4. The van der Waals surface area contributed by atoms with E-state index in [1.165, 1.54) is 38.5 Å². The topological polar surface area (TPSA) is 115 Å². The molecule has 0 aromatic rings. The third-order valence-electron chi connectivity index (χ3n) is 11.0. The molecule has 39 heavy (non-hydrogen) atoms. The minimum Gasteiger partial charge on any atom is -0.392 e. The predicted molar refractivity (Wildman–Crippen MR) is 157 cm³/mol. The van der Waals surface area contributed by atoms with E-state index in [9.17, 15) is 30.0 Å². The van der Waals surface area contributed by atoms with Crippen LogP contribution in [0.3, 0.4) is 0 Å². The zero-order valence-electron chi connectivity index (χ0n) is 25.3. The van der Waals surface area contributed by atoms with Gasteiger partial charge in [0.1, 0.15) is 17.8 Å². The zero-order valence-corrected chi connectivity index (χ0v) is 25.3. The zero-order chi connectivity index (χ0) is 29.2. The molecule has 0 saturated heterocycles. The number of fused-ring (bicyclic) bond motifs is 1. The summed E-state index contributed by atoms with van der Waals surface area (Å²) < 4.78 is 0.